The van der Waals surface area contributed by atoms with Gasteiger partial charge in [-0.15, -0.1) is 0 Å². The molecule has 16 heavy (non-hydrogen) atoms. The van der Waals surface area contributed by atoms with E-state index in [0.29, 0.717) is 11.7 Å². The largest absolute Gasteiger partial charge is 0.478 e. The van der Waals surface area contributed by atoms with Gasteiger partial charge in [-0.2, -0.15) is 0 Å². The first-order valence-corrected chi connectivity index (χ1v) is 5.33. The molecule has 0 saturated carbocycles. The van der Waals surface area contributed by atoms with Crippen LogP contribution in [0.2, 0.25) is 0 Å². The van der Waals surface area contributed by atoms with E-state index in [4.69, 9.17) is 10.8 Å². The van der Waals surface area contributed by atoms with Crippen LogP contribution in [0.4, 0.5) is 11.4 Å². The molecule has 3 N–H and O–H groups in total. The molecule has 1 aromatic rings. The normalized spacial score (nSPS) is 12.2. The molecular weight excluding hydrogens is 204 g/mol. The maximum absolute atomic E-state index is 10.8. The summed E-state index contributed by atoms with van der Waals surface area (Å²) in [6, 6.07) is 5.20. The van der Waals surface area contributed by atoms with Gasteiger partial charge < -0.3 is 15.7 Å². The zero-order valence-electron chi connectivity index (χ0n) is 9.90. The number of carboxylic acid groups (broad SMARTS) is 1. The average Bonchev–Trinajstić information content (AvgIpc) is 2.26. The topological polar surface area (TPSA) is 66.6 Å². The third kappa shape index (κ3) is 2.45. The minimum absolute atomic E-state index is 0.221. The van der Waals surface area contributed by atoms with Gasteiger partial charge in [0, 0.05) is 13.1 Å². The Morgan fingerprint density at radius 1 is 1.56 bits per heavy atom. The fraction of sp³-hybridized carbons (Fsp3) is 0.417. The molecule has 0 aromatic heterocycles. The number of hydrogen-bond donors (Lipinski definition) is 2. The van der Waals surface area contributed by atoms with Crippen LogP contribution in [0.1, 0.15) is 30.6 Å². The Bertz CT molecular complexity index is 391. The number of benzene rings is 1. The number of anilines is 2. The van der Waals surface area contributed by atoms with Gasteiger partial charge in [-0.05, 0) is 31.5 Å². The van der Waals surface area contributed by atoms with Crippen molar-refractivity contribution in [1.29, 1.82) is 0 Å². The van der Waals surface area contributed by atoms with Gasteiger partial charge in [0.05, 0.1) is 16.9 Å². The Morgan fingerprint density at radius 3 is 2.62 bits per heavy atom. The highest BCUT2D eigenvalue weighted by atomic mass is 16.4. The summed E-state index contributed by atoms with van der Waals surface area (Å²) in [6.07, 6.45) is 1.01. The molecule has 0 bridgehead atoms. The van der Waals surface area contributed by atoms with Crippen molar-refractivity contribution >= 4 is 17.3 Å². The van der Waals surface area contributed by atoms with Gasteiger partial charge >= 0.3 is 5.97 Å². The number of nitrogen functional groups attached to an aromatic ring is 1. The second-order valence-corrected chi connectivity index (χ2v) is 3.95. The summed E-state index contributed by atoms with van der Waals surface area (Å²) in [5, 5.41) is 8.82. The summed E-state index contributed by atoms with van der Waals surface area (Å²) >= 11 is 0. The van der Waals surface area contributed by atoms with Crippen LogP contribution >= 0.6 is 0 Å². The summed E-state index contributed by atoms with van der Waals surface area (Å²) in [5.41, 5.74) is 7.45. The predicted octanol–water partition coefficient (Wildman–Crippen LogP) is 2.20. The second kappa shape index (κ2) is 4.88. The van der Waals surface area contributed by atoms with E-state index in [9.17, 15) is 4.79 Å². The fourth-order valence-electron chi connectivity index (χ4n) is 1.52. The third-order valence-electron chi connectivity index (χ3n) is 2.91. The van der Waals surface area contributed by atoms with Gasteiger partial charge in [0.15, 0.2) is 0 Å². The van der Waals surface area contributed by atoms with Crippen molar-refractivity contribution in [3.8, 4) is 0 Å². The van der Waals surface area contributed by atoms with Crippen molar-refractivity contribution in [2.24, 2.45) is 0 Å². The predicted molar refractivity (Wildman–Crippen MR) is 66.0 cm³/mol. The van der Waals surface area contributed by atoms with Crippen molar-refractivity contribution in [3.05, 3.63) is 23.8 Å². The highest BCUT2D eigenvalue weighted by Crippen LogP contribution is 2.25. The first-order valence-electron chi connectivity index (χ1n) is 5.33. The van der Waals surface area contributed by atoms with Crippen molar-refractivity contribution in [2.75, 3.05) is 17.7 Å². The first-order chi connectivity index (χ1) is 7.47. The SMILES string of the molecule is CCC(C)N(C)c1ccc(C(=O)O)cc1N. The van der Waals surface area contributed by atoms with Crippen LogP contribution in [0.25, 0.3) is 0 Å². The van der Waals surface area contributed by atoms with Gasteiger partial charge in [0.1, 0.15) is 0 Å². The maximum Gasteiger partial charge on any atom is 0.335 e. The van der Waals surface area contributed by atoms with E-state index in [-0.39, 0.29) is 5.56 Å². The van der Waals surface area contributed by atoms with Crippen LogP contribution in [0.3, 0.4) is 0 Å². The standard InChI is InChI=1S/C12H18N2O2/c1-4-8(2)14(3)11-6-5-9(12(15)16)7-10(11)13/h5-8H,4,13H2,1-3H3,(H,15,16). The lowest BCUT2D eigenvalue weighted by molar-refractivity contribution is 0.0697. The zero-order valence-corrected chi connectivity index (χ0v) is 9.90. The molecule has 4 nitrogen and oxygen atoms in total. The Morgan fingerprint density at radius 2 is 2.19 bits per heavy atom. The number of nitrogens with two attached hydrogens (primary N) is 1. The van der Waals surface area contributed by atoms with Gasteiger partial charge in [-0.25, -0.2) is 4.79 Å². The summed E-state index contributed by atoms with van der Waals surface area (Å²) in [5.74, 6) is -0.954. The van der Waals surface area contributed by atoms with Gasteiger partial charge in [-0.3, -0.25) is 0 Å². The number of carbonyl (C=O) groups is 1. The van der Waals surface area contributed by atoms with Crippen LogP contribution in [-0.4, -0.2) is 24.2 Å². The molecule has 0 radical (unpaired) electrons. The lowest BCUT2D eigenvalue weighted by Crippen LogP contribution is -2.28. The van der Waals surface area contributed by atoms with Crippen LogP contribution in [-0.2, 0) is 0 Å². The van der Waals surface area contributed by atoms with E-state index in [2.05, 4.69) is 18.7 Å². The van der Waals surface area contributed by atoms with Crippen LogP contribution in [0, 0.1) is 0 Å². The molecule has 0 aliphatic rings. The molecule has 1 aromatic carbocycles. The lowest BCUT2D eigenvalue weighted by atomic mass is 10.1. The van der Waals surface area contributed by atoms with Crippen LogP contribution in [0.15, 0.2) is 18.2 Å². The highest BCUT2D eigenvalue weighted by molar-refractivity contribution is 5.90. The summed E-state index contributed by atoms with van der Waals surface area (Å²) in [6.45, 7) is 4.20. The monoisotopic (exact) mass is 222 g/mol. The Kier molecular flexibility index (Phi) is 3.77. The third-order valence-corrected chi connectivity index (χ3v) is 2.91. The van der Waals surface area contributed by atoms with Gasteiger partial charge in [0.25, 0.3) is 0 Å². The molecular formula is C12H18N2O2. The lowest BCUT2D eigenvalue weighted by Gasteiger charge is -2.27. The van der Waals surface area contributed by atoms with Crippen LogP contribution in [0.5, 0.6) is 0 Å². The Balaban J connectivity index is 3.03. The van der Waals surface area contributed by atoms with Gasteiger partial charge in [-0.1, -0.05) is 6.92 Å². The molecule has 1 rings (SSSR count). The Hall–Kier alpha value is -1.71. The van der Waals surface area contributed by atoms with Crippen LogP contribution < -0.4 is 10.6 Å². The zero-order chi connectivity index (χ0) is 12.3. The summed E-state index contributed by atoms with van der Waals surface area (Å²) < 4.78 is 0. The van der Waals surface area contributed by atoms with E-state index in [0.717, 1.165) is 12.1 Å². The Labute approximate surface area is 95.7 Å². The average molecular weight is 222 g/mol. The molecule has 0 aliphatic heterocycles. The molecule has 0 saturated heterocycles. The van der Waals surface area contributed by atoms with Crippen molar-refractivity contribution in [1.82, 2.24) is 0 Å². The quantitative estimate of drug-likeness (QED) is 0.766. The fourth-order valence-corrected chi connectivity index (χ4v) is 1.52. The van der Waals surface area contributed by atoms with Crippen molar-refractivity contribution in [3.63, 3.8) is 0 Å². The minimum atomic E-state index is -0.954. The van der Waals surface area contributed by atoms with E-state index >= 15 is 0 Å². The van der Waals surface area contributed by atoms with Gasteiger partial charge in [0.2, 0.25) is 0 Å². The molecule has 1 unspecified atom stereocenters. The molecule has 0 spiro atoms. The van der Waals surface area contributed by atoms with E-state index in [1.807, 2.05) is 7.05 Å². The molecule has 4 heteroatoms. The highest BCUT2D eigenvalue weighted by Gasteiger charge is 2.12. The first kappa shape index (κ1) is 12.4. The van der Waals surface area contributed by atoms with Crippen molar-refractivity contribution < 1.29 is 9.90 Å². The second-order valence-electron chi connectivity index (χ2n) is 3.95. The minimum Gasteiger partial charge on any atom is -0.478 e. The number of carboxylic acids is 1. The maximum atomic E-state index is 10.8. The molecule has 88 valence electrons. The molecule has 0 fully saturated rings. The van der Waals surface area contributed by atoms with E-state index < -0.39 is 5.97 Å². The molecule has 0 aliphatic carbocycles. The number of rotatable bonds is 4. The van der Waals surface area contributed by atoms with E-state index in [1.165, 1.54) is 6.07 Å². The smallest absolute Gasteiger partial charge is 0.335 e. The van der Waals surface area contributed by atoms with E-state index in [1.54, 1.807) is 12.1 Å². The molecule has 0 heterocycles. The molecule has 1 atom stereocenters. The number of nitrogens with zero attached hydrogens (tertiary/aromatic N) is 1. The summed E-state index contributed by atoms with van der Waals surface area (Å²) in [4.78, 5) is 12.8. The number of aromatic carboxylic acids is 1. The number of hydrogen-bond acceptors (Lipinski definition) is 3. The van der Waals surface area contributed by atoms with Crippen molar-refractivity contribution in [2.45, 2.75) is 26.3 Å². The molecule has 0 amide bonds. The summed E-state index contributed by atoms with van der Waals surface area (Å²) in [7, 11) is 1.96.